The van der Waals surface area contributed by atoms with E-state index in [1.54, 1.807) is 13.8 Å². The molecule has 0 amide bonds. The molecular weight excluding hydrogens is 365 g/mol. The SMILES string of the molecule is COC(C)(C)CN1c2nc(N3CCOCC3)cc(=O)n2CC[C@H]1C(F)(F)F. The van der Waals surface area contributed by atoms with Gasteiger partial charge in [-0.25, -0.2) is 0 Å². The monoisotopic (exact) mass is 390 g/mol. The molecule has 0 aromatic carbocycles. The summed E-state index contributed by atoms with van der Waals surface area (Å²) in [6, 6.07) is -0.318. The number of methoxy groups -OCH3 is 1. The zero-order valence-electron chi connectivity index (χ0n) is 15.8. The van der Waals surface area contributed by atoms with Crippen LogP contribution in [0, 0.1) is 0 Å². The van der Waals surface area contributed by atoms with Crippen LogP contribution in [0.4, 0.5) is 24.9 Å². The summed E-state index contributed by atoms with van der Waals surface area (Å²) in [7, 11) is 1.46. The minimum Gasteiger partial charge on any atom is -0.378 e. The Morgan fingerprint density at radius 1 is 1.26 bits per heavy atom. The van der Waals surface area contributed by atoms with Crippen LogP contribution in [0.25, 0.3) is 0 Å². The molecule has 0 spiro atoms. The highest BCUT2D eigenvalue weighted by Gasteiger charge is 2.48. The van der Waals surface area contributed by atoms with Gasteiger partial charge in [0.1, 0.15) is 11.9 Å². The second-order valence-corrected chi connectivity index (χ2v) is 7.44. The van der Waals surface area contributed by atoms with Gasteiger partial charge in [0.25, 0.3) is 5.56 Å². The van der Waals surface area contributed by atoms with E-state index in [0.717, 1.165) is 0 Å². The van der Waals surface area contributed by atoms with Gasteiger partial charge >= 0.3 is 6.18 Å². The maximum atomic E-state index is 13.7. The Labute approximate surface area is 155 Å². The van der Waals surface area contributed by atoms with Crippen LogP contribution in [0.2, 0.25) is 0 Å². The van der Waals surface area contributed by atoms with Gasteiger partial charge in [-0.3, -0.25) is 9.36 Å². The van der Waals surface area contributed by atoms with E-state index in [2.05, 4.69) is 4.98 Å². The zero-order valence-corrected chi connectivity index (χ0v) is 15.8. The Morgan fingerprint density at radius 3 is 2.52 bits per heavy atom. The van der Waals surface area contributed by atoms with E-state index < -0.39 is 17.8 Å². The minimum absolute atomic E-state index is 0.0152. The van der Waals surface area contributed by atoms with Crippen LogP contribution >= 0.6 is 0 Å². The van der Waals surface area contributed by atoms with Crippen LogP contribution < -0.4 is 15.4 Å². The molecule has 152 valence electrons. The predicted octanol–water partition coefficient (Wildman–Crippen LogP) is 1.65. The molecule has 1 atom stereocenters. The van der Waals surface area contributed by atoms with Gasteiger partial charge in [-0.15, -0.1) is 0 Å². The number of nitrogens with zero attached hydrogens (tertiary/aromatic N) is 4. The number of fused-ring (bicyclic) bond motifs is 1. The second kappa shape index (κ2) is 7.31. The zero-order chi connectivity index (χ0) is 19.8. The molecule has 27 heavy (non-hydrogen) atoms. The number of hydrogen-bond donors (Lipinski definition) is 0. The molecular formula is C17H25F3N4O3. The van der Waals surface area contributed by atoms with Crippen LogP contribution in [-0.2, 0) is 16.0 Å². The first kappa shape index (κ1) is 19.9. The molecule has 2 aliphatic heterocycles. The second-order valence-electron chi connectivity index (χ2n) is 7.44. The van der Waals surface area contributed by atoms with Gasteiger partial charge in [0, 0.05) is 39.4 Å². The molecule has 0 unspecified atom stereocenters. The van der Waals surface area contributed by atoms with Crippen LogP contribution in [0.15, 0.2) is 10.9 Å². The summed E-state index contributed by atoms with van der Waals surface area (Å²) < 4.78 is 53.0. The molecule has 0 bridgehead atoms. The average molecular weight is 390 g/mol. The number of halogens is 3. The van der Waals surface area contributed by atoms with Crippen LogP contribution in [0.3, 0.4) is 0 Å². The predicted molar refractivity (Wildman–Crippen MR) is 94.4 cm³/mol. The van der Waals surface area contributed by atoms with E-state index in [4.69, 9.17) is 9.47 Å². The van der Waals surface area contributed by atoms with Crippen LogP contribution in [0.5, 0.6) is 0 Å². The van der Waals surface area contributed by atoms with E-state index >= 15 is 0 Å². The van der Waals surface area contributed by atoms with Gasteiger partial charge in [-0.05, 0) is 20.3 Å². The largest absolute Gasteiger partial charge is 0.408 e. The van der Waals surface area contributed by atoms with Gasteiger partial charge in [0.05, 0.1) is 18.8 Å². The summed E-state index contributed by atoms with van der Waals surface area (Å²) in [6.07, 6.45) is -4.63. The van der Waals surface area contributed by atoms with Crippen molar-refractivity contribution in [3.05, 3.63) is 16.4 Å². The lowest BCUT2D eigenvalue weighted by Crippen LogP contribution is -2.56. The van der Waals surface area contributed by atoms with Crippen molar-refractivity contribution in [2.24, 2.45) is 0 Å². The third-order valence-corrected chi connectivity index (χ3v) is 5.05. The van der Waals surface area contributed by atoms with Crippen molar-refractivity contribution >= 4 is 11.8 Å². The summed E-state index contributed by atoms with van der Waals surface area (Å²) in [5.74, 6) is 0.431. The third kappa shape index (κ3) is 4.21. The fraction of sp³-hybridized carbons (Fsp3) is 0.765. The van der Waals surface area contributed by atoms with Crippen LogP contribution in [0.1, 0.15) is 20.3 Å². The van der Waals surface area contributed by atoms with Crippen molar-refractivity contribution in [1.82, 2.24) is 9.55 Å². The average Bonchev–Trinajstić information content (AvgIpc) is 2.61. The summed E-state index contributed by atoms with van der Waals surface area (Å²) in [5, 5.41) is 0. The highest BCUT2D eigenvalue weighted by molar-refractivity contribution is 5.47. The fourth-order valence-corrected chi connectivity index (χ4v) is 3.41. The first-order valence-electron chi connectivity index (χ1n) is 8.95. The molecule has 10 heteroatoms. The Hall–Kier alpha value is -1.81. The van der Waals surface area contributed by atoms with Crippen molar-refractivity contribution in [3.63, 3.8) is 0 Å². The molecule has 0 aliphatic carbocycles. The summed E-state index contributed by atoms with van der Waals surface area (Å²) in [5.41, 5.74) is -1.18. The maximum Gasteiger partial charge on any atom is 0.408 e. The third-order valence-electron chi connectivity index (χ3n) is 5.05. The van der Waals surface area contributed by atoms with Gasteiger partial charge in [0.15, 0.2) is 0 Å². The molecule has 0 saturated carbocycles. The van der Waals surface area contributed by atoms with Gasteiger partial charge in [-0.1, -0.05) is 0 Å². The molecule has 2 aliphatic rings. The van der Waals surface area contributed by atoms with Gasteiger partial charge < -0.3 is 19.3 Å². The Balaban J connectivity index is 2.05. The highest BCUT2D eigenvalue weighted by Crippen LogP contribution is 2.35. The van der Waals surface area contributed by atoms with Gasteiger partial charge in [-0.2, -0.15) is 18.2 Å². The van der Waals surface area contributed by atoms with E-state index in [0.29, 0.717) is 32.1 Å². The van der Waals surface area contributed by atoms with Crippen molar-refractivity contribution in [2.45, 2.75) is 44.6 Å². The Bertz CT molecular complexity index is 729. The molecule has 3 rings (SSSR count). The van der Waals surface area contributed by atoms with Crippen molar-refractivity contribution in [2.75, 3.05) is 49.8 Å². The number of hydrogen-bond acceptors (Lipinski definition) is 6. The summed E-state index contributed by atoms with van der Waals surface area (Å²) >= 11 is 0. The standard InChI is InChI=1S/C17H25F3N4O3/c1-16(2,26-3)11-24-12(17(18,19)20)4-5-23-14(25)10-13(21-15(23)24)22-6-8-27-9-7-22/h10,12H,4-9,11H2,1-3H3/t12-/m0/s1. The number of alkyl halides is 3. The number of ether oxygens (including phenoxy) is 2. The first-order valence-corrected chi connectivity index (χ1v) is 8.95. The van der Waals surface area contributed by atoms with E-state index in [9.17, 15) is 18.0 Å². The summed E-state index contributed by atoms with van der Waals surface area (Å²) in [4.78, 5) is 20.1. The molecule has 1 aromatic rings. The molecule has 1 fully saturated rings. The first-order chi connectivity index (χ1) is 12.6. The lowest BCUT2D eigenvalue weighted by atomic mass is 10.0. The minimum atomic E-state index is -4.43. The molecule has 3 heterocycles. The van der Waals surface area contributed by atoms with Crippen LogP contribution in [-0.4, -0.2) is 67.3 Å². The smallest absolute Gasteiger partial charge is 0.378 e. The highest BCUT2D eigenvalue weighted by atomic mass is 19.4. The number of rotatable bonds is 4. The van der Waals surface area contributed by atoms with Gasteiger partial charge in [0.2, 0.25) is 5.95 Å². The topological polar surface area (TPSA) is 59.8 Å². The lowest BCUT2D eigenvalue weighted by Gasteiger charge is -2.42. The maximum absolute atomic E-state index is 13.7. The number of morpholine rings is 1. The van der Waals surface area contributed by atoms with E-state index in [-0.39, 0.29) is 31.0 Å². The molecule has 0 N–H and O–H groups in total. The van der Waals surface area contributed by atoms with Crippen molar-refractivity contribution in [3.8, 4) is 0 Å². The molecule has 7 nitrogen and oxygen atoms in total. The van der Waals surface area contributed by atoms with Crippen molar-refractivity contribution in [1.29, 1.82) is 0 Å². The lowest BCUT2D eigenvalue weighted by molar-refractivity contribution is -0.154. The molecule has 1 aromatic heterocycles. The van der Waals surface area contributed by atoms with E-state index in [1.165, 1.54) is 22.6 Å². The fourth-order valence-electron chi connectivity index (χ4n) is 3.41. The Morgan fingerprint density at radius 2 is 1.93 bits per heavy atom. The Kier molecular flexibility index (Phi) is 5.40. The molecule has 0 radical (unpaired) electrons. The molecule has 1 saturated heterocycles. The normalized spacial score (nSPS) is 21.3. The summed E-state index contributed by atoms with van der Waals surface area (Å²) in [6.45, 7) is 5.44. The number of aromatic nitrogens is 2. The quantitative estimate of drug-likeness (QED) is 0.779. The van der Waals surface area contributed by atoms with Crippen molar-refractivity contribution < 1.29 is 22.6 Å². The number of anilines is 2. The van der Waals surface area contributed by atoms with E-state index in [1.807, 2.05) is 4.90 Å².